The van der Waals surface area contributed by atoms with E-state index in [1.54, 1.807) is 18.4 Å². The van der Waals surface area contributed by atoms with Crippen molar-refractivity contribution in [1.29, 1.82) is 0 Å². The highest BCUT2D eigenvalue weighted by molar-refractivity contribution is 7.11. The van der Waals surface area contributed by atoms with Gasteiger partial charge in [0, 0.05) is 18.5 Å². The number of nitrogens with two attached hydrogens (primary N) is 1. The van der Waals surface area contributed by atoms with Crippen molar-refractivity contribution in [2.24, 2.45) is 5.73 Å². The maximum absolute atomic E-state index is 5.61. The molecule has 1 unspecified atom stereocenters. The van der Waals surface area contributed by atoms with E-state index in [9.17, 15) is 0 Å². The highest BCUT2D eigenvalue weighted by Crippen LogP contribution is 2.25. The van der Waals surface area contributed by atoms with E-state index in [4.69, 9.17) is 10.5 Å². The summed E-state index contributed by atoms with van der Waals surface area (Å²) in [6.07, 6.45) is 1.02. The Morgan fingerprint density at radius 3 is 2.69 bits per heavy atom. The standard InChI is InChI=1S/C9H16N2OS/c1-4-7-8(5-10)13-9(11-7)6(2)12-3/h6H,4-5,10H2,1-3H3. The van der Waals surface area contributed by atoms with Gasteiger partial charge in [0.2, 0.25) is 0 Å². The Morgan fingerprint density at radius 1 is 1.62 bits per heavy atom. The second-order valence-corrected chi connectivity index (χ2v) is 3.97. The van der Waals surface area contributed by atoms with E-state index in [0.717, 1.165) is 17.1 Å². The Labute approximate surface area is 82.9 Å². The molecule has 0 aliphatic rings. The van der Waals surface area contributed by atoms with Crippen LogP contribution in [0.15, 0.2) is 0 Å². The zero-order valence-corrected chi connectivity index (χ0v) is 9.15. The number of aryl methyl sites for hydroxylation is 1. The second-order valence-electron chi connectivity index (χ2n) is 2.86. The van der Waals surface area contributed by atoms with Crippen molar-refractivity contribution >= 4 is 11.3 Å². The normalized spacial score (nSPS) is 13.2. The first-order chi connectivity index (χ1) is 6.22. The molecule has 0 bridgehead atoms. The van der Waals surface area contributed by atoms with Crippen LogP contribution in [-0.2, 0) is 17.7 Å². The van der Waals surface area contributed by atoms with Gasteiger partial charge in [-0.3, -0.25) is 0 Å². The van der Waals surface area contributed by atoms with Gasteiger partial charge in [0.05, 0.1) is 5.69 Å². The maximum atomic E-state index is 5.61. The highest BCUT2D eigenvalue weighted by atomic mass is 32.1. The second kappa shape index (κ2) is 4.69. The van der Waals surface area contributed by atoms with Gasteiger partial charge in [0.15, 0.2) is 0 Å². The largest absolute Gasteiger partial charge is 0.375 e. The first-order valence-corrected chi connectivity index (χ1v) is 5.25. The van der Waals surface area contributed by atoms with Gasteiger partial charge in [-0.1, -0.05) is 6.92 Å². The van der Waals surface area contributed by atoms with Crippen molar-refractivity contribution in [3.63, 3.8) is 0 Å². The first-order valence-electron chi connectivity index (χ1n) is 4.44. The third kappa shape index (κ3) is 2.27. The molecule has 0 aliphatic heterocycles. The summed E-state index contributed by atoms with van der Waals surface area (Å²) in [4.78, 5) is 5.67. The van der Waals surface area contributed by atoms with Crippen molar-refractivity contribution in [2.45, 2.75) is 32.9 Å². The molecule has 1 aromatic rings. The number of ether oxygens (including phenoxy) is 1. The number of hydrogen-bond donors (Lipinski definition) is 1. The minimum absolute atomic E-state index is 0.0793. The summed E-state index contributed by atoms with van der Waals surface area (Å²) in [5, 5.41) is 1.03. The van der Waals surface area contributed by atoms with E-state index in [2.05, 4.69) is 11.9 Å². The lowest BCUT2D eigenvalue weighted by atomic mass is 10.3. The summed E-state index contributed by atoms with van der Waals surface area (Å²) < 4.78 is 5.20. The lowest BCUT2D eigenvalue weighted by molar-refractivity contribution is 0.119. The summed E-state index contributed by atoms with van der Waals surface area (Å²) in [7, 11) is 1.69. The van der Waals surface area contributed by atoms with Gasteiger partial charge in [-0.2, -0.15) is 0 Å². The van der Waals surface area contributed by atoms with Gasteiger partial charge in [0.1, 0.15) is 11.1 Å². The molecule has 0 fully saturated rings. The molecule has 1 rings (SSSR count). The van der Waals surface area contributed by atoms with Gasteiger partial charge in [0.25, 0.3) is 0 Å². The average Bonchev–Trinajstić information content (AvgIpc) is 2.59. The number of thiazole rings is 1. The van der Waals surface area contributed by atoms with E-state index >= 15 is 0 Å². The quantitative estimate of drug-likeness (QED) is 0.807. The molecule has 0 saturated heterocycles. The van der Waals surface area contributed by atoms with Crippen LogP contribution in [0.3, 0.4) is 0 Å². The lowest BCUT2D eigenvalue weighted by Crippen LogP contribution is -1.97. The van der Waals surface area contributed by atoms with E-state index in [1.807, 2.05) is 6.92 Å². The Hall–Kier alpha value is -0.450. The molecule has 13 heavy (non-hydrogen) atoms. The number of methoxy groups -OCH3 is 1. The minimum atomic E-state index is 0.0793. The molecule has 0 spiro atoms. The van der Waals surface area contributed by atoms with Crippen molar-refractivity contribution in [1.82, 2.24) is 4.98 Å². The molecular formula is C9H16N2OS. The van der Waals surface area contributed by atoms with Gasteiger partial charge in [-0.05, 0) is 13.3 Å². The molecule has 0 saturated carbocycles. The molecule has 2 N–H and O–H groups in total. The van der Waals surface area contributed by atoms with Gasteiger partial charge in [-0.15, -0.1) is 11.3 Å². The van der Waals surface area contributed by atoms with Crippen LogP contribution in [0.25, 0.3) is 0 Å². The Morgan fingerprint density at radius 2 is 2.31 bits per heavy atom. The smallest absolute Gasteiger partial charge is 0.122 e. The van der Waals surface area contributed by atoms with Crippen molar-refractivity contribution in [2.75, 3.05) is 7.11 Å². The van der Waals surface area contributed by atoms with Crippen LogP contribution in [0.1, 0.15) is 35.5 Å². The van der Waals surface area contributed by atoms with Crippen LogP contribution in [0.4, 0.5) is 0 Å². The molecular weight excluding hydrogens is 184 g/mol. The van der Waals surface area contributed by atoms with Crippen molar-refractivity contribution in [3.8, 4) is 0 Å². The third-order valence-corrected chi connectivity index (χ3v) is 3.30. The molecule has 0 aliphatic carbocycles. The minimum Gasteiger partial charge on any atom is -0.375 e. The predicted octanol–water partition coefficient (Wildman–Crippen LogP) is 1.87. The molecule has 74 valence electrons. The van der Waals surface area contributed by atoms with Gasteiger partial charge >= 0.3 is 0 Å². The molecule has 0 amide bonds. The third-order valence-electron chi connectivity index (χ3n) is 2.02. The molecule has 0 radical (unpaired) electrons. The fraction of sp³-hybridized carbons (Fsp3) is 0.667. The molecule has 1 aromatic heterocycles. The molecule has 0 aromatic carbocycles. The van der Waals surface area contributed by atoms with Crippen LogP contribution in [0, 0.1) is 0 Å². The average molecular weight is 200 g/mol. The summed E-state index contributed by atoms with van der Waals surface area (Å²) in [6, 6.07) is 0. The van der Waals surface area contributed by atoms with E-state index in [0.29, 0.717) is 6.54 Å². The zero-order chi connectivity index (χ0) is 9.84. The molecule has 4 heteroatoms. The summed E-state index contributed by atoms with van der Waals surface area (Å²) >= 11 is 1.66. The molecule has 3 nitrogen and oxygen atoms in total. The Bertz CT molecular complexity index is 251. The number of rotatable bonds is 4. The maximum Gasteiger partial charge on any atom is 0.122 e. The van der Waals surface area contributed by atoms with Crippen molar-refractivity contribution in [3.05, 3.63) is 15.6 Å². The van der Waals surface area contributed by atoms with Crippen LogP contribution in [0.5, 0.6) is 0 Å². The van der Waals surface area contributed by atoms with Crippen molar-refractivity contribution < 1.29 is 4.74 Å². The highest BCUT2D eigenvalue weighted by Gasteiger charge is 2.12. The SMILES string of the molecule is CCc1nc(C(C)OC)sc1CN. The fourth-order valence-electron chi connectivity index (χ4n) is 1.11. The summed E-state index contributed by atoms with van der Waals surface area (Å²) in [5.74, 6) is 0. The summed E-state index contributed by atoms with van der Waals surface area (Å²) in [5.41, 5.74) is 6.73. The number of hydrogen-bond acceptors (Lipinski definition) is 4. The molecule has 1 heterocycles. The topological polar surface area (TPSA) is 48.1 Å². The monoisotopic (exact) mass is 200 g/mol. The Kier molecular flexibility index (Phi) is 3.84. The predicted molar refractivity (Wildman–Crippen MR) is 54.8 cm³/mol. The van der Waals surface area contributed by atoms with Crippen LogP contribution in [-0.4, -0.2) is 12.1 Å². The molecule has 1 atom stereocenters. The number of aromatic nitrogens is 1. The van der Waals surface area contributed by atoms with Gasteiger partial charge < -0.3 is 10.5 Å². The van der Waals surface area contributed by atoms with Crippen LogP contribution >= 0.6 is 11.3 Å². The van der Waals surface area contributed by atoms with Crippen LogP contribution in [0.2, 0.25) is 0 Å². The lowest BCUT2D eigenvalue weighted by Gasteiger charge is -2.03. The first kappa shape index (κ1) is 10.6. The fourth-order valence-corrected chi connectivity index (χ4v) is 2.18. The van der Waals surface area contributed by atoms with Gasteiger partial charge in [-0.25, -0.2) is 4.98 Å². The summed E-state index contributed by atoms with van der Waals surface area (Å²) in [6.45, 7) is 4.67. The number of nitrogens with zero attached hydrogens (tertiary/aromatic N) is 1. The van der Waals surface area contributed by atoms with Crippen LogP contribution < -0.4 is 5.73 Å². The van der Waals surface area contributed by atoms with E-state index in [1.165, 1.54) is 4.88 Å². The Balaban J connectivity index is 2.92. The van der Waals surface area contributed by atoms with E-state index in [-0.39, 0.29) is 6.10 Å². The zero-order valence-electron chi connectivity index (χ0n) is 8.33. The van der Waals surface area contributed by atoms with E-state index < -0.39 is 0 Å².